The summed E-state index contributed by atoms with van der Waals surface area (Å²) in [6.45, 7) is -0.0155. The van der Waals surface area contributed by atoms with Gasteiger partial charge in [-0.2, -0.15) is 13.1 Å². The van der Waals surface area contributed by atoms with E-state index in [1.807, 2.05) is 6.07 Å². The molecule has 0 spiro atoms. The molecule has 0 saturated heterocycles. The molecule has 1 saturated carbocycles. The molecular formula is C18H14ClN5O3S2. The lowest BCUT2D eigenvalue weighted by molar-refractivity contribution is 0.351. The Bertz CT molecular complexity index is 1300. The highest BCUT2D eigenvalue weighted by molar-refractivity contribution is 7.89. The highest BCUT2D eigenvalue weighted by Gasteiger charge is 2.40. The quantitative estimate of drug-likeness (QED) is 0.443. The van der Waals surface area contributed by atoms with Crippen LogP contribution in [0, 0.1) is 0 Å². The molecule has 11 heteroatoms. The molecule has 5 rings (SSSR count). The first-order valence-electron chi connectivity index (χ1n) is 8.84. The van der Waals surface area contributed by atoms with Crippen molar-refractivity contribution in [3.8, 4) is 11.5 Å². The first-order chi connectivity index (χ1) is 14.0. The maximum atomic E-state index is 13.4. The molecule has 29 heavy (non-hydrogen) atoms. The Morgan fingerprint density at radius 1 is 1.10 bits per heavy atom. The lowest BCUT2D eigenvalue weighted by Crippen LogP contribution is -2.33. The summed E-state index contributed by atoms with van der Waals surface area (Å²) >= 11 is 7.17. The fourth-order valence-electron chi connectivity index (χ4n) is 3.08. The van der Waals surface area contributed by atoms with Gasteiger partial charge < -0.3 is 4.42 Å². The van der Waals surface area contributed by atoms with Gasteiger partial charge in [0, 0.05) is 6.04 Å². The van der Waals surface area contributed by atoms with Crippen LogP contribution in [0.25, 0.3) is 22.5 Å². The molecule has 0 aliphatic heterocycles. The minimum absolute atomic E-state index is 0.0155. The second kappa shape index (κ2) is 7.13. The Morgan fingerprint density at radius 3 is 2.72 bits per heavy atom. The van der Waals surface area contributed by atoms with Crippen LogP contribution < -0.4 is 0 Å². The lowest BCUT2D eigenvalue weighted by atomic mass is 10.2. The maximum Gasteiger partial charge on any atom is 0.249 e. The number of rotatable bonds is 6. The summed E-state index contributed by atoms with van der Waals surface area (Å²) < 4.78 is 42.3. The van der Waals surface area contributed by atoms with Gasteiger partial charge in [0.2, 0.25) is 21.8 Å². The minimum Gasteiger partial charge on any atom is -0.419 e. The van der Waals surface area contributed by atoms with E-state index in [-0.39, 0.29) is 29.3 Å². The van der Waals surface area contributed by atoms with E-state index in [0.29, 0.717) is 21.6 Å². The molecule has 0 unspecified atom stereocenters. The van der Waals surface area contributed by atoms with E-state index in [1.165, 1.54) is 4.31 Å². The average molecular weight is 448 g/mol. The van der Waals surface area contributed by atoms with Gasteiger partial charge in [0.1, 0.15) is 15.9 Å². The third-order valence-electron chi connectivity index (χ3n) is 4.65. The number of hydrogen-bond donors (Lipinski definition) is 0. The molecule has 2 aromatic heterocycles. The predicted octanol–water partition coefficient (Wildman–Crippen LogP) is 3.75. The van der Waals surface area contributed by atoms with E-state index in [2.05, 4.69) is 18.9 Å². The van der Waals surface area contributed by atoms with Crippen LogP contribution >= 0.6 is 23.3 Å². The molecule has 0 atom stereocenters. The molecule has 1 aliphatic rings. The summed E-state index contributed by atoms with van der Waals surface area (Å²) in [6, 6.07) is 12.0. The van der Waals surface area contributed by atoms with Crippen LogP contribution in [0.1, 0.15) is 18.7 Å². The average Bonchev–Trinajstić information content (AvgIpc) is 3.24. The summed E-state index contributed by atoms with van der Waals surface area (Å²) in [5, 5.41) is 8.55. The molecule has 2 aromatic carbocycles. The SMILES string of the molecule is O=S(=O)(c1cccc2nsnc12)N(Cc1nnc(-c2ccccc2Cl)o1)C1CC1. The molecular weight excluding hydrogens is 434 g/mol. The van der Waals surface area contributed by atoms with Crippen molar-refractivity contribution in [2.45, 2.75) is 30.3 Å². The summed E-state index contributed by atoms with van der Waals surface area (Å²) in [6.07, 6.45) is 1.58. The third-order valence-corrected chi connectivity index (χ3v) is 7.45. The Balaban J connectivity index is 1.49. The number of halogens is 1. The summed E-state index contributed by atoms with van der Waals surface area (Å²) in [5.41, 5.74) is 1.54. The molecule has 0 bridgehead atoms. The second-order valence-electron chi connectivity index (χ2n) is 6.65. The first-order valence-corrected chi connectivity index (χ1v) is 11.4. The Labute approximate surface area is 175 Å². The standard InChI is InChI=1S/C18H14ClN5O3S2/c19-13-5-2-1-4-12(13)18-21-20-16(27-18)10-24(11-8-9-11)29(25,26)15-7-3-6-14-17(15)23-28-22-14/h1-7,11H,8-10H2. The van der Waals surface area contributed by atoms with Gasteiger partial charge in [0.25, 0.3) is 0 Å². The second-order valence-corrected chi connectivity index (χ2v) is 9.44. The summed E-state index contributed by atoms with van der Waals surface area (Å²) in [5.74, 6) is 0.462. The van der Waals surface area contributed by atoms with Crippen molar-refractivity contribution in [2.75, 3.05) is 0 Å². The fourth-order valence-corrected chi connectivity index (χ4v) is 5.69. The zero-order chi connectivity index (χ0) is 20.0. The van der Waals surface area contributed by atoms with E-state index < -0.39 is 10.0 Å². The van der Waals surface area contributed by atoms with Crippen LogP contribution in [0.3, 0.4) is 0 Å². The highest BCUT2D eigenvalue weighted by Crippen LogP contribution is 2.35. The van der Waals surface area contributed by atoms with Gasteiger partial charge in [0.05, 0.1) is 28.9 Å². The first kappa shape index (κ1) is 18.6. The molecule has 8 nitrogen and oxygen atoms in total. The van der Waals surface area contributed by atoms with Crippen LogP contribution in [0.4, 0.5) is 0 Å². The molecule has 0 radical (unpaired) electrons. The van der Waals surface area contributed by atoms with Crippen LogP contribution in [0.5, 0.6) is 0 Å². The topological polar surface area (TPSA) is 102 Å². The van der Waals surface area contributed by atoms with Crippen LogP contribution in [0.15, 0.2) is 51.8 Å². The van der Waals surface area contributed by atoms with Crippen LogP contribution in [-0.2, 0) is 16.6 Å². The number of nitrogens with zero attached hydrogens (tertiary/aromatic N) is 5. The Morgan fingerprint density at radius 2 is 1.93 bits per heavy atom. The van der Waals surface area contributed by atoms with Crippen molar-refractivity contribution in [1.29, 1.82) is 0 Å². The van der Waals surface area contributed by atoms with Crippen molar-refractivity contribution in [1.82, 2.24) is 23.2 Å². The van der Waals surface area contributed by atoms with Gasteiger partial charge in [-0.25, -0.2) is 8.42 Å². The van der Waals surface area contributed by atoms with Crippen molar-refractivity contribution in [2.24, 2.45) is 0 Å². The maximum absolute atomic E-state index is 13.4. The molecule has 1 aliphatic carbocycles. The highest BCUT2D eigenvalue weighted by atomic mass is 35.5. The number of aromatic nitrogens is 4. The van der Waals surface area contributed by atoms with E-state index in [4.69, 9.17) is 16.0 Å². The van der Waals surface area contributed by atoms with Gasteiger partial charge in [-0.1, -0.05) is 29.8 Å². The molecule has 0 amide bonds. The van der Waals surface area contributed by atoms with Crippen molar-refractivity contribution in [3.63, 3.8) is 0 Å². The zero-order valence-corrected chi connectivity index (χ0v) is 17.3. The summed E-state index contributed by atoms with van der Waals surface area (Å²) in [7, 11) is -3.81. The van der Waals surface area contributed by atoms with E-state index >= 15 is 0 Å². The van der Waals surface area contributed by atoms with E-state index in [1.54, 1.807) is 36.4 Å². The number of sulfonamides is 1. The van der Waals surface area contributed by atoms with Gasteiger partial charge in [-0.05, 0) is 37.1 Å². The number of hydrogen-bond acceptors (Lipinski definition) is 8. The largest absolute Gasteiger partial charge is 0.419 e. The van der Waals surface area contributed by atoms with Gasteiger partial charge >= 0.3 is 0 Å². The molecule has 2 heterocycles. The normalized spacial score (nSPS) is 14.7. The fraction of sp³-hybridized carbons (Fsp3) is 0.222. The molecule has 4 aromatic rings. The molecule has 0 N–H and O–H groups in total. The smallest absolute Gasteiger partial charge is 0.249 e. The van der Waals surface area contributed by atoms with Gasteiger partial charge in [-0.3, -0.25) is 0 Å². The minimum atomic E-state index is -3.81. The lowest BCUT2D eigenvalue weighted by Gasteiger charge is -2.20. The third kappa shape index (κ3) is 3.42. The van der Waals surface area contributed by atoms with Crippen molar-refractivity contribution < 1.29 is 12.8 Å². The van der Waals surface area contributed by atoms with Gasteiger partial charge in [0.15, 0.2) is 0 Å². The Kier molecular flexibility index (Phi) is 4.58. The van der Waals surface area contributed by atoms with Crippen LogP contribution in [-0.4, -0.2) is 37.7 Å². The summed E-state index contributed by atoms with van der Waals surface area (Å²) in [4.78, 5) is 0.140. The van der Waals surface area contributed by atoms with Gasteiger partial charge in [-0.15, -0.1) is 10.2 Å². The zero-order valence-electron chi connectivity index (χ0n) is 14.9. The van der Waals surface area contributed by atoms with Crippen molar-refractivity contribution >= 4 is 44.4 Å². The van der Waals surface area contributed by atoms with Crippen LogP contribution in [0.2, 0.25) is 5.02 Å². The van der Waals surface area contributed by atoms with E-state index in [0.717, 1.165) is 24.6 Å². The van der Waals surface area contributed by atoms with E-state index in [9.17, 15) is 8.42 Å². The number of fused-ring (bicyclic) bond motifs is 1. The monoisotopic (exact) mass is 447 g/mol. The Hall–Kier alpha value is -2.40. The van der Waals surface area contributed by atoms with Crippen molar-refractivity contribution in [3.05, 3.63) is 53.4 Å². The molecule has 148 valence electrons. The number of benzene rings is 2. The molecule has 1 fully saturated rings. The predicted molar refractivity (Wildman–Crippen MR) is 108 cm³/mol.